The highest BCUT2D eigenvalue weighted by molar-refractivity contribution is 7.99. The van der Waals surface area contributed by atoms with Crippen molar-refractivity contribution in [1.82, 2.24) is 10.2 Å². The van der Waals surface area contributed by atoms with Gasteiger partial charge < -0.3 is 9.73 Å². The standard InChI is InChI=1S/C17H13ClFN3O2S/c1-10-13(19)7-4-8-14(10)20-15(23)9-25-17-22-21-16(24-17)11-5-2-3-6-12(11)18/h2-8H,9H2,1H3,(H,20,23). The Morgan fingerprint density at radius 1 is 1.24 bits per heavy atom. The molecule has 0 radical (unpaired) electrons. The van der Waals surface area contributed by atoms with Crippen LogP contribution in [0.4, 0.5) is 10.1 Å². The molecule has 3 aromatic rings. The van der Waals surface area contributed by atoms with Crippen LogP contribution in [-0.4, -0.2) is 21.9 Å². The van der Waals surface area contributed by atoms with Gasteiger partial charge in [0, 0.05) is 11.3 Å². The van der Waals surface area contributed by atoms with E-state index in [0.717, 1.165) is 11.8 Å². The summed E-state index contributed by atoms with van der Waals surface area (Å²) in [6, 6.07) is 11.6. The lowest BCUT2D eigenvalue weighted by Crippen LogP contribution is -2.15. The van der Waals surface area contributed by atoms with Gasteiger partial charge in [0.25, 0.3) is 5.22 Å². The predicted octanol–water partition coefficient (Wildman–Crippen LogP) is 4.57. The van der Waals surface area contributed by atoms with Crippen molar-refractivity contribution in [2.75, 3.05) is 11.1 Å². The van der Waals surface area contributed by atoms with E-state index in [0.29, 0.717) is 21.8 Å². The molecule has 0 atom stereocenters. The van der Waals surface area contributed by atoms with Gasteiger partial charge in [0.1, 0.15) is 5.82 Å². The monoisotopic (exact) mass is 377 g/mol. The van der Waals surface area contributed by atoms with Gasteiger partial charge in [0.2, 0.25) is 11.8 Å². The molecule has 25 heavy (non-hydrogen) atoms. The van der Waals surface area contributed by atoms with Gasteiger partial charge in [-0.25, -0.2) is 4.39 Å². The summed E-state index contributed by atoms with van der Waals surface area (Å²) in [5, 5.41) is 11.2. The molecule has 0 saturated carbocycles. The Morgan fingerprint density at radius 3 is 2.84 bits per heavy atom. The number of hydrogen-bond acceptors (Lipinski definition) is 5. The van der Waals surface area contributed by atoms with Gasteiger partial charge in [-0.05, 0) is 31.2 Å². The van der Waals surface area contributed by atoms with Crippen molar-refractivity contribution in [3.05, 3.63) is 58.9 Å². The van der Waals surface area contributed by atoms with Gasteiger partial charge in [0.15, 0.2) is 0 Å². The summed E-state index contributed by atoms with van der Waals surface area (Å²) in [5.41, 5.74) is 1.45. The van der Waals surface area contributed by atoms with Crippen LogP contribution in [0.15, 0.2) is 52.1 Å². The number of amides is 1. The Labute approximate surface area is 152 Å². The third-order valence-electron chi connectivity index (χ3n) is 3.38. The van der Waals surface area contributed by atoms with Crippen molar-refractivity contribution in [2.24, 2.45) is 0 Å². The molecular formula is C17H13ClFN3O2S. The van der Waals surface area contributed by atoms with Crippen LogP contribution in [-0.2, 0) is 4.79 Å². The maximum Gasteiger partial charge on any atom is 0.277 e. The third kappa shape index (κ3) is 4.18. The van der Waals surface area contributed by atoms with Gasteiger partial charge in [-0.1, -0.05) is 41.6 Å². The van der Waals surface area contributed by atoms with Crippen LogP contribution < -0.4 is 5.32 Å². The van der Waals surface area contributed by atoms with Gasteiger partial charge in [-0.3, -0.25) is 4.79 Å². The number of aromatic nitrogens is 2. The molecule has 0 spiro atoms. The fraction of sp³-hybridized carbons (Fsp3) is 0.118. The van der Waals surface area contributed by atoms with E-state index in [1.165, 1.54) is 6.07 Å². The molecule has 1 amide bonds. The van der Waals surface area contributed by atoms with Crippen LogP contribution in [0.5, 0.6) is 0 Å². The first-order chi connectivity index (χ1) is 12.0. The number of anilines is 1. The fourth-order valence-electron chi connectivity index (χ4n) is 2.07. The lowest BCUT2D eigenvalue weighted by molar-refractivity contribution is -0.113. The van der Waals surface area contributed by atoms with Crippen LogP contribution in [0.2, 0.25) is 5.02 Å². The molecule has 8 heteroatoms. The molecule has 0 unspecified atom stereocenters. The minimum absolute atomic E-state index is 0.0557. The molecule has 0 saturated heterocycles. The van der Waals surface area contributed by atoms with Crippen LogP contribution >= 0.6 is 23.4 Å². The average Bonchev–Trinajstić information content (AvgIpc) is 3.06. The predicted molar refractivity (Wildman–Crippen MR) is 95.2 cm³/mol. The highest BCUT2D eigenvalue weighted by Gasteiger charge is 2.14. The topological polar surface area (TPSA) is 68.0 Å². The quantitative estimate of drug-likeness (QED) is 0.660. The van der Waals surface area contributed by atoms with E-state index in [1.54, 1.807) is 37.3 Å². The number of hydrogen-bond donors (Lipinski definition) is 1. The number of carbonyl (C=O) groups excluding carboxylic acids is 1. The summed E-state index contributed by atoms with van der Waals surface area (Å²) in [4.78, 5) is 12.0. The number of rotatable bonds is 5. The van der Waals surface area contributed by atoms with Gasteiger partial charge in [-0.2, -0.15) is 0 Å². The van der Waals surface area contributed by atoms with Gasteiger partial charge >= 0.3 is 0 Å². The molecule has 0 aliphatic rings. The number of benzene rings is 2. The highest BCUT2D eigenvalue weighted by Crippen LogP contribution is 2.28. The van der Waals surface area contributed by atoms with E-state index in [4.69, 9.17) is 16.0 Å². The van der Waals surface area contributed by atoms with Crippen molar-refractivity contribution < 1.29 is 13.6 Å². The second-order valence-electron chi connectivity index (χ2n) is 5.10. The summed E-state index contributed by atoms with van der Waals surface area (Å²) < 4.78 is 19.0. The van der Waals surface area contributed by atoms with E-state index in [9.17, 15) is 9.18 Å². The Morgan fingerprint density at radius 2 is 2.04 bits per heavy atom. The van der Waals surface area contributed by atoms with Crippen LogP contribution in [0.25, 0.3) is 11.5 Å². The Kier molecular flexibility index (Phi) is 5.35. The molecule has 5 nitrogen and oxygen atoms in total. The van der Waals surface area contributed by atoms with Crippen LogP contribution in [0, 0.1) is 12.7 Å². The molecule has 0 bridgehead atoms. The number of halogens is 2. The fourth-order valence-corrected chi connectivity index (χ4v) is 2.85. The molecule has 1 aromatic heterocycles. The summed E-state index contributed by atoms with van der Waals surface area (Å²) in [5.74, 6) is -0.322. The van der Waals surface area contributed by atoms with Crippen molar-refractivity contribution in [1.29, 1.82) is 0 Å². The maximum atomic E-state index is 13.5. The van der Waals surface area contributed by atoms with Crippen molar-refractivity contribution in [2.45, 2.75) is 12.1 Å². The van der Waals surface area contributed by atoms with Gasteiger partial charge in [-0.15, -0.1) is 10.2 Å². The number of nitrogens with zero attached hydrogens (tertiary/aromatic N) is 2. The molecule has 1 N–H and O–H groups in total. The summed E-state index contributed by atoms with van der Waals surface area (Å²) in [6.45, 7) is 1.60. The minimum atomic E-state index is -0.369. The molecule has 0 aliphatic carbocycles. The highest BCUT2D eigenvalue weighted by atomic mass is 35.5. The second-order valence-corrected chi connectivity index (χ2v) is 6.44. The zero-order valence-corrected chi connectivity index (χ0v) is 14.7. The average molecular weight is 378 g/mol. The van der Waals surface area contributed by atoms with E-state index >= 15 is 0 Å². The van der Waals surface area contributed by atoms with Crippen molar-refractivity contribution >= 4 is 35.0 Å². The summed E-state index contributed by atoms with van der Waals surface area (Å²) >= 11 is 7.17. The van der Waals surface area contributed by atoms with Gasteiger partial charge in [0.05, 0.1) is 16.3 Å². The van der Waals surface area contributed by atoms with E-state index in [-0.39, 0.29) is 28.6 Å². The zero-order chi connectivity index (χ0) is 17.8. The molecule has 2 aromatic carbocycles. The number of nitrogens with one attached hydrogen (secondary N) is 1. The number of thioether (sulfide) groups is 1. The first-order valence-corrected chi connectivity index (χ1v) is 8.67. The normalized spacial score (nSPS) is 10.7. The van der Waals surface area contributed by atoms with E-state index in [2.05, 4.69) is 15.5 Å². The number of carbonyl (C=O) groups is 1. The lowest BCUT2D eigenvalue weighted by Gasteiger charge is -2.07. The maximum absolute atomic E-state index is 13.5. The molecule has 0 aliphatic heterocycles. The minimum Gasteiger partial charge on any atom is -0.411 e. The second kappa shape index (κ2) is 7.67. The molecular weight excluding hydrogens is 365 g/mol. The molecule has 3 rings (SSSR count). The van der Waals surface area contributed by atoms with E-state index < -0.39 is 0 Å². The third-order valence-corrected chi connectivity index (χ3v) is 4.53. The summed E-state index contributed by atoms with van der Waals surface area (Å²) in [7, 11) is 0. The van der Waals surface area contributed by atoms with Crippen molar-refractivity contribution in [3.63, 3.8) is 0 Å². The van der Waals surface area contributed by atoms with Crippen LogP contribution in [0.3, 0.4) is 0 Å². The first kappa shape index (κ1) is 17.4. The lowest BCUT2D eigenvalue weighted by atomic mass is 10.2. The van der Waals surface area contributed by atoms with Crippen molar-refractivity contribution in [3.8, 4) is 11.5 Å². The largest absolute Gasteiger partial charge is 0.411 e. The summed E-state index contributed by atoms with van der Waals surface area (Å²) in [6.07, 6.45) is 0. The Balaban J connectivity index is 1.62. The molecule has 1 heterocycles. The Bertz CT molecular complexity index is 916. The van der Waals surface area contributed by atoms with Crippen LogP contribution in [0.1, 0.15) is 5.56 Å². The molecule has 0 fully saturated rings. The Hall–Kier alpha value is -2.38. The van der Waals surface area contributed by atoms with E-state index in [1.807, 2.05) is 6.07 Å². The zero-order valence-electron chi connectivity index (χ0n) is 13.1. The SMILES string of the molecule is Cc1c(F)cccc1NC(=O)CSc1nnc(-c2ccccc2Cl)o1. The first-order valence-electron chi connectivity index (χ1n) is 7.31. The smallest absolute Gasteiger partial charge is 0.277 e. The molecule has 128 valence electrons.